The molecule has 0 bridgehead atoms. The fourth-order valence-electron chi connectivity index (χ4n) is 3.72. The zero-order chi connectivity index (χ0) is 21.0. The Hall–Kier alpha value is -2.87. The van der Waals surface area contributed by atoms with E-state index in [1.807, 2.05) is 12.1 Å². The first-order chi connectivity index (χ1) is 13.8. The van der Waals surface area contributed by atoms with Gasteiger partial charge in [0.25, 0.3) is 5.91 Å². The molecule has 8 heteroatoms. The first kappa shape index (κ1) is 20.9. The summed E-state index contributed by atoms with van der Waals surface area (Å²) < 4.78 is 0. The van der Waals surface area contributed by atoms with Gasteiger partial charge in [-0.15, -0.1) is 0 Å². The third-order valence-electron chi connectivity index (χ3n) is 5.39. The largest absolute Gasteiger partial charge is 0.481 e. The van der Waals surface area contributed by atoms with Gasteiger partial charge < -0.3 is 25.5 Å². The lowest BCUT2D eigenvalue weighted by Crippen LogP contribution is -2.47. The summed E-state index contributed by atoms with van der Waals surface area (Å²) in [6.45, 7) is 9.39. The van der Waals surface area contributed by atoms with Crippen LogP contribution < -0.4 is 15.5 Å². The molecule has 3 N–H and O–H groups in total. The van der Waals surface area contributed by atoms with Crippen molar-refractivity contribution in [2.75, 3.05) is 44.2 Å². The van der Waals surface area contributed by atoms with Gasteiger partial charge >= 0.3 is 5.97 Å². The fraction of sp³-hybridized carbons (Fsp3) is 0.476. The number of piperazine rings is 1. The van der Waals surface area contributed by atoms with Crippen molar-refractivity contribution >= 4 is 23.5 Å². The van der Waals surface area contributed by atoms with E-state index in [9.17, 15) is 14.4 Å². The number of carboxylic acid groups (broad SMARTS) is 1. The van der Waals surface area contributed by atoms with Crippen LogP contribution in [0.5, 0.6) is 0 Å². The second-order valence-electron chi connectivity index (χ2n) is 7.62. The number of hydrogen-bond acceptors (Lipinski definition) is 5. The van der Waals surface area contributed by atoms with Crippen molar-refractivity contribution < 1.29 is 19.5 Å². The predicted molar refractivity (Wildman–Crippen MR) is 110 cm³/mol. The van der Waals surface area contributed by atoms with Crippen molar-refractivity contribution in [1.29, 1.82) is 0 Å². The molecule has 2 aliphatic rings. The molecular weight excluding hydrogens is 372 g/mol. The van der Waals surface area contributed by atoms with Gasteiger partial charge in [0, 0.05) is 44.0 Å². The van der Waals surface area contributed by atoms with Crippen LogP contribution in [0.3, 0.4) is 0 Å². The molecule has 3 rings (SSSR count). The summed E-state index contributed by atoms with van der Waals surface area (Å²) >= 11 is 0. The highest BCUT2D eigenvalue weighted by Gasteiger charge is 2.28. The molecule has 1 aromatic carbocycles. The Morgan fingerprint density at radius 2 is 2.00 bits per heavy atom. The summed E-state index contributed by atoms with van der Waals surface area (Å²) in [7, 11) is 0. The molecule has 156 valence electrons. The smallest absolute Gasteiger partial charge is 0.305 e. The standard InChI is InChI=1S/C21H28N4O4/c1-14(2)18(12-20(27)28)23-19(26)13-25-8-5-15-3-4-16(11-17(15)21(25)29)24-9-6-22-7-10-24/h3-4,11,18,22H,1,5-10,12-13H2,2H3,(H,23,26)(H,27,28)/t18-/m0/s1. The van der Waals surface area contributed by atoms with Crippen LogP contribution in [0.2, 0.25) is 0 Å². The molecule has 0 saturated carbocycles. The van der Waals surface area contributed by atoms with E-state index in [1.54, 1.807) is 6.92 Å². The highest BCUT2D eigenvalue weighted by atomic mass is 16.4. The third-order valence-corrected chi connectivity index (χ3v) is 5.39. The van der Waals surface area contributed by atoms with Gasteiger partial charge in [0.1, 0.15) is 0 Å². The van der Waals surface area contributed by atoms with Crippen molar-refractivity contribution in [2.24, 2.45) is 0 Å². The zero-order valence-electron chi connectivity index (χ0n) is 16.7. The molecule has 8 nitrogen and oxygen atoms in total. The van der Waals surface area contributed by atoms with Gasteiger partial charge in [-0.1, -0.05) is 18.2 Å². The van der Waals surface area contributed by atoms with Gasteiger partial charge in [0.2, 0.25) is 5.91 Å². The summed E-state index contributed by atoms with van der Waals surface area (Å²) in [4.78, 5) is 40.2. The van der Waals surface area contributed by atoms with Gasteiger partial charge in [-0.25, -0.2) is 0 Å². The number of anilines is 1. The molecule has 0 unspecified atom stereocenters. The number of carboxylic acids is 1. The number of rotatable bonds is 7. The number of hydrogen-bond donors (Lipinski definition) is 3. The molecule has 29 heavy (non-hydrogen) atoms. The number of fused-ring (bicyclic) bond motifs is 1. The van der Waals surface area contributed by atoms with Gasteiger partial charge in [-0.3, -0.25) is 14.4 Å². The number of aliphatic carboxylic acids is 1. The number of benzene rings is 1. The molecule has 2 amide bonds. The van der Waals surface area contributed by atoms with E-state index in [4.69, 9.17) is 5.11 Å². The zero-order valence-corrected chi connectivity index (χ0v) is 16.7. The molecule has 1 fully saturated rings. The number of nitrogens with zero attached hydrogens (tertiary/aromatic N) is 2. The molecule has 0 radical (unpaired) electrons. The topological polar surface area (TPSA) is 102 Å². The maximum atomic E-state index is 13.0. The molecule has 1 aromatic rings. The summed E-state index contributed by atoms with van der Waals surface area (Å²) in [5.74, 6) is -1.56. The van der Waals surface area contributed by atoms with Crippen LogP contribution in [0.4, 0.5) is 5.69 Å². The van der Waals surface area contributed by atoms with E-state index >= 15 is 0 Å². The molecule has 1 atom stereocenters. The lowest BCUT2D eigenvalue weighted by atomic mass is 9.97. The molecule has 0 aromatic heterocycles. The molecule has 0 spiro atoms. The fourth-order valence-corrected chi connectivity index (χ4v) is 3.72. The average molecular weight is 400 g/mol. The Labute approximate surface area is 170 Å². The van der Waals surface area contributed by atoms with Crippen molar-refractivity contribution in [3.63, 3.8) is 0 Å². The maximum Gasteiger partial charge on any atom is 0.305 e. The van der Waals surface area contributed by atoms with Crippen molar-refractivity contribution in [2.45, 2.75) is 25.8 Å². The Kier molecular flexibility index (Phi) is 6.53. The van der Waals surface area contributed by atoms with Crippen LogP contribution in [-0.2, 0) is 16.0 Å². The molecule has 2 aliphatic heterocycles. The number of amides is 2. The molecular formula is C21H28N4O4. The van der Waals surface area contributed by atoms with Crippen molar-refractivity contribution in [3.8, 4) is 0 Å². The molecule has 0 aliphatic carbocycles. The minimum absolute atomic E-state index is 0.0977. The van der Waals surface area contributed by atoms with Crippen molar-refractivity contribution in [3.05, 3.63) is 41.5 Å². The van der Waals surface area contributed by atoms with Gasteiger partial charge in [0.15, 0.2) is 0 Å². The van der Waals surface area contributed by atoms with Gasteiger partial charge in [-0.2, -0.15) is 0 Å². The SMILES string of the molecule is C=C(C)[C@H](CC(=O)O)NC(=O)CN1CCc2ccc(N3CCNCC3)cc2C1=O. The van der Waals surface area contributed by atoms with E-state index in [0.29, 0.717) is 24.1 Å². The monoisotopic (exact) mass is 400 g/mol. The summed E-state index contributed by atoms with van der Waals surface area (Å²) in [5, 5.41) is 15.0. The highest BCUT2D eigenvalue weighted by Crippen LogP contribution is 2.25. The quantitative estimate of drug-likeness (QED) is 0.581. The third kappa shape index (κ3) is 5.14. The Morgan fingerprint density at radius 3 is 2.66 bits per heavy atom. The lowest BCUT2D eigenvalue weighted by Gasteiger charge is -2.32. The van der Waals surface area contributed by atoms with Crippen LogP contribution in [0.15, 0.2) is 30.4 Å². The van der Waals surface area contributed by atoms with Crippen LogP contribution >= 0.6 is 0 Å². The maximum absolute atomic E-state index is 13.0. The Balaban J connectivity index is 1.67. The summed E-state index contributed by atoms with van der Waals surface area (Å²) in [6.07, 6.45) is 0.459. The minimum Gasteiger partial charge on any atom is -0.481 e. The first-order valence-electron chi connectivity index (χ1n) is 9.89. The van der Waals surface area contributed by atoms with E-state index < -0.39 is 12.0 Å². The summed E-state index contributed by atoms with van der Waals surface area (Å²) in [6, 6.07) is 5.34. The predicted octanol–water partition coefficient (Wildman–Crippen LogP) is 0.630. The second kappa shape index (κ2) is 9.09. The summed E-state index contributed by atoms with van der Waals surface area (Å²) in [5.41, 5.74) is 3.23. The number of carbonyl (C=O) groups is 3. The second-order valence-corrected chi connectivity index (χ2v) is 7.62. The van der Waals surface area contributed by atoms with Gasteiger partial charge in [-0.05, 0) is 31.0 Å². The van der Waals surface area contributed by atoms with Crippen molar-refractivity contribution in [1.82, 2.24) is 15.5 Å². The minimum atomic E-state index is -1.01. The van der Waals surface area contributed by atoms with Gasteiger partial charge in [0.05, 0.1) is 19.0 Å². The van der Waals surface area contributed by atoms with Crippen LogP contribution in [-0.4, -0.2) is 73.1 Å². The van der Waals surface area contributed by atoms with E-state index in [2.05, 4.69) is 28.2 Å². The van der Waals surface area contributed by atoms with Crippen LogP contribution in [0.1, 0.15) is 29.3 Å². The average Bonchev–Trinajstić information content (AvgIpc) is 2.69. The normalized spacial score (nSPS) is 17.5. The lowest BCUT2D eigenvalue weighted by molar-refractivity contribution is -0.137. The highest BCUT2D eigenvalue weighted by molar-refractivity contribution is 5.99. The Bertz CT molecular complexity index is 817. The first-order valence-corrected chi connectivity index (χ1v) is 9.89. The van der Waals surface area contributed by atoms with Crippen LogP contribution in [0.25, 0.3) is 0 Å². The molecule has 2 heterocycles. The van der Waals surface area contributed by atoms with Crippen LogP contribution in [0, 0.1) is 0 Å². The Morgan fingerprint density at radius 1 is 1.28 bits per heavy atom. The van der Waals surface area contributed by atoms with E-state index in [0.717, 1.165) is 37.4 Å². The molecule has 1 saturated heterocycles. The number of carbonyl (C=O) groups excluding carboxylic acids is 2. The van der Waals surface area contributed by atoms with E-state index in [1.165, 1.54) is 4.90 Å². The van der Waals surface area contributed by atoms with E-state index in [-0.39, 0.29) is 24.8 Å². The number of nitrogens with one attached hydrogen (secondary N) is 2.